The average molecular weight is 219 g/mol. The van der Waals surface area contributed by atoms with Gasteiger partial charge >= 0.3 is 0 Å². The van der Waals surface area contributed by atoms with Crippen LogP contribution in [0.2, 0.25) is 0 Å². The molecular formula is C10H13N5O. The number of H-pyrrole nitrogens is 1. The summed E-state index contributed by atoms with van der Waals surface area (Å²) in [6.45, 7) is 0.747. The number of aromatic amines is 1. The molecule has 6 heteroatoms. The molecule has 0 spiro atoms. The molecule has 0 saturated heterocycles. The first-order chi connectivity index (χ1) is 7.74. The largest absolute Gasteiger partial charge is 0.383 e. The van der Waals surface area contributed by atoms with Gasteiger partial charge in [-0.25, -0.2) is 5.10 Å². The lowest BCUT2D eigenvalue weighted by Crippen LogP contribution is -2.10. The standard InChI is InChI=1S/C10H13N5O/c1-15-7-8(5-13-15)2-3-11-9-4-10(16)14-12-6-9/h4-7H,2-3H2,1H3,(H2,11,14,16). The fraction of sp³-hybridized carbons (Fsp3) is 0.300. The van der Waals surface area contributed by atoms with Gasteiger partial charge in [0.25, 0.3) is 5.56 Å². The Labute approximate surface area is 92.3 Å². The van der Waals surface area contributed by atoms with Crippen LogP contribution in [-0.2, 0) is 13.5 Å². The minimum absolute atomic E-state index is 0.202. The van der Waals surface area contributed by atoms with Crippen molar-refractivity contribution in [3.8, 4) is 0 Å². The first kappa shape index (κ1) is 10.4. The predicted molar refractivity (Wildman–Crippen MR) is 60.3 cm³/mol. The van der Waals surface area contributed by atoms with Crippen LogP contribution in [0.4, 0.5) is 5.69 Å². The van der Waals surface area contributed by atoms with Crippen molar-refractivity contribution < 1.29 is 0 Å². The molecule has 0 atom stereocenters. The highest BCUT2D eigenvalue weighted by atomic mass is 16.1. The van der Waals surface area contributed by atoms with E-state index in [0.29, 0.717) is 0 Å². The highest BCUT2D eigenvalue weighted by molar-refractivity contribution is 5.38. The van der Waals surface area contributed by atoms with Crippen molar-refractivity contribution in [2.45, 2.75) is 6.42 Å². The molecule has 0 aliphatic heterocycles. The lowest BCUT2D eigenvalue weighted by atomic mass is 10.2. The third kappa shape index (κ3) is 2.69. The second-order valence-corrected chi connectivity index (χ2v) is 3.53. The van der Waals surface area contributed by atoms with Crippen LogP contribution >= 0.6 is 0 Å². The van der Waals surface area contributed by atoms with Crippen LogP contribution in [0.5, 0.6) is 0 Å². The Kier molecular flexibility index (Phi) is 3.00. The van der Waals surface area contributed by atoms with Crippen LogP contribution in [0.25, 0.3) is 0 Å². The molecule has 0 aliphatic rings. The summed E-state index contributed by atoms with van der Waals surface area (Å²) in [5.74, 6) is 0. The van der Waals surface area contributed by atoms with E-state index in [9.17, 15) is 4.79 Å². The van der Waals surface area contributed by atoms with Crippen molar-refractivity contribution in [1.29, 1.82) is 0 Å². The Morgan fingerprint density at radius 2 is 2.38 bits per heavy atom. The van der Waals surface area contributed by atoms with Gasteiger partial charge in [-0.15, -0.1) is 0 Å². The Balaban J connectivity index is 1.86. The fourth-order valence-electron chi connectivity index (χ4n) is 1.43. The number of nitrogens with zero attached hydrogens (tertiary/aromatic N) is 3. The summed E-state index contributed by atoms with van der Waals surface area (Å²) >= 11 is 0. The van der Waals surface area contributed by atoms with E-state index in [-0.39, 0.29) is 5.56 Å². The Bertz CT molecular complexity index is 516. The molecular weight excluding hydrogens is 206 g/mol. The molecule has 0 unspecified atom stereocenters. The van der Waals surface area contributed by atoms with E-state index in [1.165, 1.54) is 6.07 Å². The van der Waals surface area contributed by atoms with Gasteiger partial charge in [0.1, 0.15) is 0 Å². The maximum Gasteiger partial charge on any atom is 0.266 e. The zero-order chi connectivity index (χ0) is 11.4. The van der Waals surface area contributed by atoms with Gasteiger partial charge in [-0.1, -0.05) is 0 Å². The first-order valence-electron chi connectivity index (χ1n) is 5.00. The number of nitrogens with one attached hydrogen (secondary N) is 2. The summed E-state index contributed by atoms with van der Waals surface area (Å²) in [4.78, 5) is 11.0. The molecule has 16 heavy (non-hydrogen) atoms. The van der Waals surface area contributed by atoms with Gasteiger partial charge in [0.15, 0.2) is 0 Å². The lowest BCUT2D eigenvalue weighted by molar-refractivity contribution is 0.767. The van der Waals surface area contributed by atoms with Crippen molar-refractivity contribution in [3.05, 3.63) is 40.6 Å². The normalized spacial score (nSPS) is 10.3. The van der Waals surface area contributed by atoms with Crippen molar-refractivity contribution in [1.82, 2.24) is 20.0 Å². The lowest BCUT2D eigenvalue weighted by Gasteiger charge is -2.03. The molecule has 2 N–H and O–H groups in total. The number of aryl methyl sites for hydroxylation is 1. The molecule has 0 fully saturated rings. The van der Waals surface area contributed by atoms with Crippen LogP contribution in [0.3, 0.4) is 0 Å². The fourth-order valence-corrected chi connectivity index (χ4v) is 1.43. The van der Waals surface area contributed by atoms with Gasteiger partial charge in [-0.05, 0) is 12.0 Å². The summed E-state index contributed by atoms with van der Waals surface area (Å²) in [6, 6.07) is 1.48. The summed E-state index contributed by atoms with van der Waals surface area (Å²) in [6.07, 6.45) is 6.25. The molecule has 0 bridgehead atoms. The van der Waals surface area contributed by atoms with E-state index in [1.54, 1.807) is 10.9 Å². The number of rotatable bonds is 4. The summed E-state index contributed by atoms with van der Waals surface area (Å²) < 4.78 is 1.77. The van der Waals surface area contributed by atoms with Crippen molar-refractivity contribution in [3.63, 3.8) is 0 Å². The molecule has 0 saturated carbocycles. The number of hydrogen-bond donors (Lipinski definition) is 2. The van der Waals surface area contributed by atoms with E-state index in [0.717, 1.165) is 24.2 Å². The smallest absolute Gasteiger partial charge is 0.266 e. The second-order valence-electron chi connectivity index (χ2n) is 3.53. The summed E-state index contributed by atoms with van der Waals surface area (Å²) in [5.41, 5.74) is 1.69. The highest BCUT2D eigenvalue weighted by Gasteiger charge is 1.97. The Hall–Kier alpha value is -2.11. The van der Waals surface area contributed by atoms with Crippen molar-refractivity contribution >= 4 is 5.69 Å². The van der Waals surface area contributed by atoms with Crippen LogP contribution in [0.15, 0.2) is 29.5 Å². The highest BCUT2D eigenvalue weighted by Crippen LogP contribution is 2.01. The van der Waals surface area contributed by atoms with Gasteiger partial charge in [0.05, 0.1) is 18.1 Å². The minimum atomic E-state index is -0.202. The first-order valence-corrected chi connectivity index (χ1v) is 5.00. The van der Waals surface area contributed by atoms with Gasteiger partial charge in [-0.2, -0.15) is 10.2 Å². The molecule has 2 rings (SSSR count). The molecule has 0 aliphatic carbocycles. The third-order valence-corrected chi connectivity index (χ3v) is 2.17. The number of hydrogen-bond acceptors (Lipinski definition) is 4. The molecule has 2 aromatic heterocycles. The van der Waals surface area contributed by atoms with Crippen LogP contribution in [0.1, 0.15) is 5.56 Å². The molecule has 2 aromatic rings. The second kappa shape index (κ2) is 4.61. The SMILES string of the molecule is Cn1cc(CCNc2cn[nH]c(=O)c2)cn1. The predicted octanol–water partition coefficient (Wildman–Crippen LogP) is 0.158. The number of anilines is 1. The summed E-state index contributed by atoms with van der Waals surface area (Å²) in [7, 11) is 1.89. The van der Waals surface area contributed by atoms with Crippen LogP contribution in [0, 0.1) is 0 Å². The maximum atomic E-state index is 11.0. The maximum absolute atomic E-state index is 11.0. The van der Waals surface area contributed by atoms with E-state index in [2.05, 4.69) is 20.6 Å². The van der Waals surface area contributed by atoms with Crippen LogP contribution in [-0.4, -0.2) is 26.5 Å². The van der Waals surface area contributed by atoms with E-state index in [4.69, 9.17) is 0 Å². The van der Waals surface area contributed by atoms with Crippen molar-refractivity contribution in [2.24, 2.45) is 7.05 Å². The molecule has 6 nitrogen and oxygen atoms in total. The van der Waals surface area contributed by atoms with Gasteiger partial charge in [0, 0.05) is 25.9 Å². The van der Waals surface area contributed by atoms with Gasteiger partial charge in [0.2, 0.25) is 0 Å². The molecule has 0 radical (unpaired) electrons. The Morgan fingerprint density at radius 3 is 3.06 bits per heavy atom. The topological polar surface area (TPSA) is 75.6 Å². The zero-order valence-corrected chi connectivity index (χ0v) is 8.97. The quantitative estimate of drug-likeness (QED) is 0.768. The van der Waals surface area contributed by atoms with Crippen molar-refractivity contribution in [2.75, 3.05) is 11.9 Å². The Morgan fingerprint density at radius 1 is 1.50 bits per heavy atom. The van der Waals surface area contributed by atoms with E-state index in [1.807, 2.05) is 19.4 Å². The van der Waals surface area contributed by atoms with Gasteiger partial charge < -0.3 is 5.32 Å². The monoisotopic (exact) mass is 219 g/mol. The molecule has 84 valence electrons. The minimum Gasteiger partial charge on any atom is -0.383 e. The molecule has 0 amide bonds. The average Bonchev–Trinajstić information content (AvgIpc) is 2.64. The summed E-state index contributed by atoms with van der Waals surface area (Å²) in [5, 5.41) is 13.2. The molecule has 2 heterocycles. The molecule has 0 aromatic carbocycles. The van der Waals surface area contributed by atoms with Crippen LogP contribution < -0.4 is 10.9 Å². The van der Waals surface area contributed by atoms with Gasteiger partial charge in [-0.3, -0.25) is 9.48 Å². The number of aromatic nitrogens is 4. The third-order valence-electron chi connectivity index (χ3n) is 2.17. The van der Waals surface area contributed by atoms with E-state index >= 15 is 0 Å². The van der Waals surface area contributed by atoms with E-state index < -0.39 is 0 Å². The zero-order valence-electron chi connectivity index (χ0n) is 8.97.